The predicted octanol–water partition coefficient (Wildman–Crippen LogP) is 3.33. The number of amides is 1. The van der Waals surface area contributed by atoms with Gasteiger partial charge < -0.3 is 14.8 Å². The molecule has 3 rings (SSSR count). The Hall–Kier alpha value is -2.53. The molecule has 0 saturated carbocycles. The highest BCUT2D eigenvalue weighted by atomic mass is 16.5. The molecule has 0 radical (unpaired) electrons. The standard InChI is InChI=1S/C22H28N2O3/c1-15(20-13-19(26-3)9-10-21(20)27-4)23-22(25)16(2)24-12-11-17-7-5-6-8-18(17)14-24/h5-10,13,15-16H,11-12,14H2,1-4H3,(H,23,25). The Morgan fingerprint density at radius 3 is 2.52 bits per heavy atom. The average Bonchev–Trinajstić information content (AvgIpc) is 2.72. The maximum Gasteiger partial charge on any atom is 0.237 e. The molecule has 5 nitrogen and oxygen atoms in total. The van der Waals surface area contributed by atoms with Gasteiger partial charge in [0, 0.05) is 18.7 Å². The van der Waals surface area contributed by atoms with E-state index in [-0.39, 0.29) is 18.0 Å². The summed E-state index contributed by atoms with van der Waals surface area (Å²) in [5.74, 6) is 1.50. The third kappa shape index (κ3) is 4.25. The molecule has 0 aliphatic carbocycles. The summed E-state index contributed by atoms with van der Waals surface area (Å²) < 4.78 is 10.8. The molecule has 0 fully saturated rings. The third-order valence-electron chi connectivity index (χ3n) is 5.35. The van der Waals surface area contributed by atoms with Gasteiger partial charge in [-0.2, -0.15) is 0 Å². The van der Waals surface area contributed by atoms with Crippen LogP contribution in [0.5, 0.6) is 11.5 Å². The van der Waals surface area contributed by atoms with Crippen molar-refractivity contribution in [2.75, 3.05) is 20.8 Å². The molecule has 1 aliphatic rings. The lowest BCUT2D eigenvalue weighted by molar-refractivity contribution is -0.126. The zero-order valence-corrected chi connectivity index (χ0v) is 16.5. The monoisotopic (exact) mass is 368 g/mol. The van der Waals surface area contributed by atoms with Crippen molar-refractivity contribution in [2.24, 2.45) is 0 Å². The van der Waals surface area contributed by atoms with Gasteiger partial charge in [0.15, 0.2) is 0 Å². The number of methoxy groups -OCH3 is 2. The summed E-state index contributed by atoms with van der Waals surface area (Å²) >= 11 is 0. The van der Waals surface area contributed by atoms with Gasteiger partial charge in [-0.05, 0) is 49.6 Å². The van der Waals surface area contributed by atoms with Crippen LogP contribution in [-0.2, 0) is 17.8 Å². The molecule has 1 amide bonds. The van der Waals surface area contributed by atoms with Crippen LogP contribution in [0.2, 0.25) is 0 Å². The summed E-state index contributed by atoms with van der Waals surface area (Å²) in [7, 11) is 3.26. The predicted molar refractivity (Wildman–Crippen MR) is 106 cm³/mol. The maximum absolute atomic E-state index is 12.9. The molecule has 2 aromatic rings. The van der Waals surface area contributed by atoms with E-state index in [2.05, 4.69) is 34.5 Å². The Balaban J connectivity index is 1.68. The second kappa shape index (κ2) is 8.44. The third-order valence-corrected chi connectivity index (χ3v) is 5.35. The fourth-order valence-electron chi connectivity index (χ4n) is 3.60. The highest BCUT2D eigenvalue weighted by Gasteiger charge is 2.26. The van der Waals surface area contributed by atoms with Crippen molar-refractivity contribution < 1.29 is 14.3 Å². The first-order chi connectivity index (χ1) is 13.0. The first kappa shape index (κ1) is 19.2. The number of fused-ring (bicyclic) bond motifs is 1. The van der Waals surface area contributed by atoms with Crippen LogP contribution >= 0.6 is 0 Å². The highest BCUT2D eigenvalue weighted by molar-refractivity contribution is 5.81. The Morgan fingerprint density at radius 1 is 1.07 bits per heavy atom. The Morgan fingerprint density at radius 2 is 1.81 bits per heavy atom. The number of carbonyl (C=O) groups is 1. The molecule has 0 aromatic heterocycles. The molecule has 0 spiro atoms. The number of hydrogen-bond donors (Lipinski definition) is 1. The van der Waals surface area contributed by atoms with E-state index in [1.807, 2.05) is 32.0 Å². The van der Waals surface area contributed by atoms with Crippen LogP contribution in [0.1, 0.15) is 36.6 Å². The van der Waals surface area contributed by atoms with Crippen molar-refractivity contribution >= 4 is 5.91 Å². The minimum Gasteiger partial charge on any atom is -0.497 e. The lowest BCUT2D eigenvalue weighted by Gasteiger charge is -2.33. The second-order valence-electron chi connectivity index (χ2n) is 7.00. The van der Waals surface area contributed by atoms with Gasteiger partial charge in [0.05, 0.1) is 26.3 Å². The number of nitrogens with one attached hydrogen (secondary N) is 1. The normalized spacial score (nSPS) is 16.1. The van der Waals surface area contributed by atoms with E-state index >= 15 is 0 Å². The van der Waals surface area contributed by atoms with Gasteiger partial charge in [0.1, 0.15) is 11.5 Å². The van der Waals surface area contributed by atoms with Gasteiger partial charge >= 0.3 is 0 Å². The molecule has 144 valence electrons. The van der Waals surface area contributed by atoms with E-state index in [0.29, 0.717) is 0 Å². The fraction of sp³-hybridized carbons (Fsp3) is 0.409. The zero-order valence-electron chi connectivity index (χ0n) is 16.5. The molecule has 0 bridgehead atoms. The van der Waals surface area contributed by atoms with Crippen LogP contribution < -0.4 is 14.8 Å². The van der Waals surface area contributed by atoms with Crippen molar-refractivity contribution in [2.45, 2.75) is 38.9 Å². The Labute approximate surface area is 161 Å². The quantitative estimate of drug-likeness (QED) is 0.850. The van der Waals surface area contributed by atoms with Crippen molar-refractivity contribution in [3.05, 3.63) is 59.2 Å². The van der Waals surface area contributed by atoms with Crippen LogP contribution in [0.25, 0.3) is 0 Å². The van der Waals surface area contributed by atoms with Gasteiger partial charge in [-0.25, -0.2) is 0 Å². The van der Waals surface area contributed by atoms with Crippen LogP contribution in [0.3, 0.4) is 0 Å². The number of hydrogen-bond acceptors (Lipinski definition) is 4. The van der Waals surface area contributed by atoms with E-state index in [1.54, 1.807) is 14.2 Å². The van der Waals surface area contributed by atoms with E-state index in [4.69, 9.17) is 9.47 Å². The highest BCUT2D eigenvalue weighted by Crippen LogP contribution is 2.29. The largest absolute Gasteiger partial charge is 0.497 e. The molecular formula is C22H28N2O3. The van der Waals surface area contributed by atoms with Gasteiger partial charge in [0.25, 0.3) is 0 Å². The Kier molecular flexibility index (Phi) is 6.01. The number of rotatable bonds is 6. The zero-order chi connectivity index (χ0) is 19.4. The van der Waals surface area contributed by atoms with Crippen molar-refractivity contribution in [1.82, 2.24) is 10.2 Å². The molecule has 1 heterocycles. The number of benzene rings is 2. The van der Waals surface area contributed by atoms with Gasteiger partial charge in [-0.3, -0.25) is 9.69 Å². The summed E-state index contributed by atoms with van der Waals surface area (Å²) in [6.45, 7) is 5.64. The van der Waals surface area contributed by atoms with Crippen molar-refractivity contribution in [3.8, 4) is 11.5 Å². The van der Waals surface area contributed by atoms with E-state index in [1.165, 1.54) is 11.1 Å². The smallest absolute Gasteiger partial charge is 0.237 e. The molecule has 1 aliphatic heterocycles. The molecule has 0 saturated heterocycles. The lowest BCUT2D eigenvalue weighted by atomic mass is 9.98. The van der Waals surface area contributed by atoms with Crippen LogP contribution in [0, 0.1) is 0 Å². The maximum atomic E-state index is 12.9. The van der Waals surface area contributed by atoms with Crippen LogP contribution in [0.4, 0.5) is 0 Å². The van der Waals surface area contributed by atoms with E-state index in [0.717, 1.165) is 36.6 Å². The molecular weight excluding hydrogens is 340 g/mol. The molecule has 2 unspecified atom stereocenters. The van der Waals surface area contributed by atoms with Gasteiger partial charge in [-0.15, -0.1) is 0 Å². The number of ether oxygens (including phenoxy) is 2. The van der Waals surface area contributed by atoms with Gasteiger partial charge in [0.2, 0.25) is 5.91 Å². The van der Waals surface area contributed by atoms with Crippen LogP contribution in [-0.4, -0.2) is 37.6 Å². The number of carbonyl (C=O) groups excluding carboxylic acids is 1. The molecule has 2 aromatic carbocycles. The van der Waals surface area contributed by atoms with Crippen molar-refractivity contribution in [3.63, 3.8) is 0 Å². The van der Waals surface area contributed by atoms with Crippen LogP contribution in [0.15, 0.2) is 42.5 Å². The SMILES string of the molecule is COc1ccc(OC)c(C(C)NC(=O)C(C)N2CCc3ccccc3C2)c1. The molecule has 2 atom stereocenters. The lowest BCUT2D eigenvalue weighted by Crippen LogP contribution is -2.47. The second-order valence-corrected chi connectivity index (χ2v) is 7.00. The molecule has 1 N–H and O–H groups in total. The van der Waals surface area contributed by atoms with E-state index < -0.39 is 0 Å². The minimum atomic E-state index is -0.197. The summed E-state index contributed by atoms with van der Waals surface area (Å²) in [5.41, 5.74) is 3.60. The minimum absolute atomic E-state index is 0.0201. The molecule has 5 heteroatoms. The van der Waals surface area contributed by atoms with Crippen molar-refractivity contribution in [1.29, 1.82) is 0 Å². The Bertz CT molecular complexity index is 806. The van der Waals surface area contributed by atoms with E-state index in [9.17, 15) is 4.79 Å². The fourth-order valence-corrected chi connectivity index (χ4v) is 3.60. The number of nitrogens with zero attached hydrogens (tertiary/aromatic N) is 1. The topological polar surface area (TPSA) is 50.8 Å². The summed E-state index contributed by atoms with van der Waals surface area (Å²) in [5, 5.41) is 3.13. The van der Waals surface area contributed by atoms with Gasteiger partial charge in [-0.1, -0.05) is 24.3 Å². The summed E-state index contributed by atoms with van der Waals surface area (Å²) in [6, 6.07) is 13.7. The first-order valence-corrected chi connectivity index (χ1v) is 9.36. The average molecular weight is 368 g/mol. The summed E-state index contributed by atoms with van der Waals surface area (Å²) in [6.07, 6.45) is 0.979. The first-order valence-electron chi connectivity index (χ1n) is 9.36. The summed E-state index contributed by atoms with van der Waals surface area (Å²) in [4.78, 5) is 15.1. The molecule has 27 heavy (non-hydrogen) atoms.